The summed E-state index contributed by atoms with van der Waals surface area (Å²) in [5.41, 5.74) is 5.28. The zero-order valence-electron chi connectivity index (χ0n) is 13.8. The monoisotopic (exact) mass is 347 g/mol. The number of hydroxylamine groups is 1. The lowest BCUT2D eigenvalue weighted by molar-refractivity contribution is 0.0706. The van der Waals surface area contributed by atoms with Crippen molar-refractivity contribution >= 4 is 11.8 Å². The number of hydrogen-bond acceptors (Lipinski definition) is 4. The van der Waals surface area contributed by atoms with E-state index in [1.807, 2.05) is 24.3 Å². The Morgan fingerprint density at radius 2 is 1.42 bits per heavy atom. The molecule has 0 aliphatic heterocycles. The van der Waals surface area contributed by atoms with Crippen LogP contribution in [0.25, 0.3) is 11.1 Å². The van der Waals surface area contributed by atoms with Crippen molar-refractivity contribution in [2.24, 2.45) is 0 Å². The van der Waals surface area contributed by atoms with Crippen LogP contribution in [-0.4, -0.2) is 22.0 Å². The van der Waals surface area contributed by atoms with Gasteiger partial charge in [0, 0.05) is 30.1 Å². The fourth-order valence-electron chi connectivity index (χ4n) is 2.48. The Labute approximate surface area is 150 Å². The molecule has 130 valence electrons. The Morgan fingerprint density at radius 1 is 0.846 bits per heavy atom. The van der Waals surface area contributed by atoms with E-state index in [-0.39, 0.29) is 5.91 Å². The molecule has 1 heterocycles. The summed E-state index contributed by atoms with van der Waals surface area (Å²) in [6, 6.07) is 17.7. The molecule has 0 unspecified atom stereocenters. The van der Waals surface area contributed by atoms with Crippen molar-refractivity contribution in [2.75, 3.05) is 0 Å². The van der Waals surface area contributed by atoms with E-state index in [0.29, 0.717) is 17.7 Å². The van der Waals surface area contributed by atoms with Gasteiger partial charge in [0.2, 0.25) is 0 Å². The van der Waals surface area contributed by atoms with Gasteiger partial charge in [-0.15, -0.1) is 0 Å². The molecule has 6 heteroatoms. The zero-order valence-corrected chi connectivity index (χ0v) is 13.8. The van der Waals surface area contributed by atoms with E-state index in [2.05, 4.69) is 10.3 Å². The maximum Gasteiger partial charge on any atom is 0.274 e. The van der Waals surface area contributed by atoms with Gasteiger partial charge in [-0.2, -0.15) is 0 Å². The molecule has 6 nitrogen and oxygen atoms in total. The Kier molecular flexibility index (Phi) is 5.36. The van der Waals surface area contributed by atoms with Crippen molar-refractivity contribution in [1.29, 1.82) is 0 Å². The van der Waals surface area contributed by atoms with Crippen LogP contribution in [0, 0.1) is 0 Å². The number of amides is 2. The fourth-order valence-corrected chi connectivity index (χ4v) is 2.48. The van der Waals surface area contributed by atoms with E-state index in [4.69, 9.17) is 5.21 Å². The standard InChI is InChI=1S/C20H17N3O3/c24-19(22-13-14-2-1-11-21-12-14)17-7-3-15(4-8-17)16-5-9-18(10-6-16)20(25)23-26/h1-12,26H,13H2,(H,22,24)(H,23,25). The molecule has 0 radical (unpaired) electrons. The van der Waals surface area contributed by atoms with Gasteiger partial charge in [-0.3, -0.25) is 19.8 Å². The molecule has 3 rings (SSSR count). The molecule has 1 aromatic heterocycles. The Bertz CT molecular complexity index is 892. The van der Waals surface area contributed by atoms with Crippen molar-refractivity contribution in [3.63, 3.8) is 0 Å². The summed E-state index contributed by atoms with van der Waals surface area (Å²) in [5, 5.41) is 11.5. The maximum absolute atomic E-state index is 12.2. The maximum atomic E-state index is 12.2. The van der Waals surface area contributed by atoms with Crippen molar-refractivity contribution in [2.45, 2.75) is 6.54 Å². The predicted octanol–water partition coefficient (Wildman–Crippen LogP) is 2.80. The minimum atomic E-state index is -0.558. The number of carbonyl (C=O) groups is 2. The predicted molar refractivity (Wildman–Crippen MR) is 96.5 cm³/mol. The van der Waals surface area contributed by atoms with Gasteiger partial charge in [0.05, 0.1) is 0 Å². The minimum absolute atomic E-state index is 0.157. The van der Waals surface area contributed by atoms with Crippen LogP contribution in [0.3, 0.4) is 0 Å². The van der Waals surface area contributed by atoms with Crippen molar-refractivity contribution in [1.82, 2.24) is 15.8 Å². The largest absolute Gasteiger partial charge is 0.348 e. The molecule has 0 fully saturated rings. The van der Waals surface area contributed by atoms with Gasteiger partial charge in [-0.05, 0) is 47.0 Å². The smallest absolute Gasteiger partial charge is 0.274 e. The lowest BCUT2D eigenvalue weighted by Crippen LogP contribution is -2.22. The van der Waals surface area contributed by atoms with Crippen LogP contribution >= 0.6 is 0 Å². The number of hydrogen-bond donors (Lipinski definition) is 3. The summed E-state index contributed by atoms with van der Waals surface area (Å²) < 4.78 is 0. The van der Waals surface area contributed by atoms with Gasteiger partial charge < -0.3 is 5.32 Å². The normalized spacial score (nSPS) is 10.2. The molecular weight excluding hydrogens is 330 g/mol. The average Bonchev–Trinajstić information content (AvgIpc) is 2.72. The van der Waals surface area contributed by atoms with E-state index < -0.39 is 5.91 Å². The van der Waals surface area contributed by atoms with Crippen molar-refractivity contribution in [3.05, 3.63) is 89.7 Å². The van der Waals surface area contributed by atoms with Gasteiger partial charge >= 0.3 is 0 Å². The third kappa shape index (κ3) is 4.12. The molecule has 2 aromatic carbocycles. The highest BCUT2D eigenvalue weighted by Gasteiger charge is 2.07. The van der Waals surface area contributed by atoms with E-state index in [0.717, 1.165) is 16.7 Å². The van der Waals surface area contributed by atoms with E-state index in [9.17, 15) is 9.59 Å². The van der Waals surface area contributed by atoms with Gasteiger partial charge in [0.25, 0.3) is 11.8 Å². The number of rotatable bonds is 5. The molecule has 0 aliphatic rings. The van der Waals surface area contributed by atoms with E-state index in [1.54, 1.807) is 54.3 Å². The number of nitrogens with zero attached hydrogens (tertiary/aromatic N) is 1. The van der Waals surface area contributed by atoms with Gasteiger partial charge in [0.1, 0.15) is 0 Å². The summed E-state index contributed by atoms with van der Waals surface area (Å²) >= 11 is 0. The molecule has 26 heavy (non-hydrogen) atoms. The van der Waals surface area contributed by atoms with Crippen LogP contribution in [-0.2, 0) is 6.54 Å². The minimum Gasteiger partial charge on any atom is -0.348 e. The number of pyridine rings is 1. The third-order valence-corrected chi connectivity index (χ3v) is 3.90. The van der Waals surface area contributed by atoms with Crippen LogP contribution in [0.1, 0.15) is 26.3 Å². The summed E-state index contributed by atoms with van der Waals surface area (Å²) in [7, 11) is 0. The molecule has 0 spiro atoms. The van der Waals surface area contributed by atoms with Gasteiger partial charge in [-0.1, -0.05) is 30.3 Å². The highest BCUT2D eigenvalue weighted by atomic mass is 16.5. The van der Waals surface area contributed by atoms with Crippen molar-refractivity contribution < 1.29 is 14.8 Å². The highest BCUT2D eigenvalue weighted by molar-refractivity contribution is 5.95. The zero-order chi connectivity index (χ0) is 18.4. The molecule has 0 bridgehead atoms. The lowest BCUT2D eigenvalue weighted by Gasteiger charge is -2.07. The van der Waals surface area contributed by atoms with Crippen LogP contribution in [0.4, 0.5) is 0 Å². The van der Waals surface area contributed by atoms with E-state index >= 15 is 0 Å². The second-order valence-corrected chi connectivity index (χ2v) is 5.64. The van der Waals surface area contributed by atoms with Crippen LogP contribution in [0.5, 0.6) is 0 Å². The third-order valence-electron chi connectivity index (χ3n) is 3.90. The van der Waals surface area contributed by atoms with Crippen molar-refractivity contribution in [3.8, 4) is 11.1 Å². The van der Waals surface area contributed by atoms with Gasteiger partial charge in [0.15, 0.2) is 0 Å². The number of benzene rings is 2. The average molecular weight is 347 g/mol. The molecule has 0 saturated heterocycles. The SMILES string of the molecule is O=C(NO)c1ccc(-c2ccc(C(=O)NCc3cccnc3)cc2)cc1. The summed E-state index contributed by atoms with van der Waals surface area (Å²) in [4.78, 5) is 27.6. The lowest BCUT2D eigenvalue weighted by atomic mass is 10.0. The first-order valence-corrected chi connectivity index (χ1v) is 7.99. The number of carbonyl (C=O) groups excluding carboxylic acids is 2. The molecule has 0 aliphatic carbocycles. The van der Waals surface area contributed by atoms with Crippen LogP contribution in [0.2, 0.25) is 0 Å². The number of aromatic nitrogens is 1. The highest BCUT2D eigenvalue weighted by Crippen LogP contribution is 2.20. The number of nitrogens with one attached hydrogen (secondary N) is 2. The first kappa shape index (κ1) is 17.3. The quantitative estimate of drug-likeness (QED) is 0.489. The van der Waals surface area contributed by atoms with Crippen LogP contribution in [0.15, 0.2) is 73.1 Å². The second-order valence-electron chi connectivity index (χ2n) is 5.64. The fraction of sp³-hybridized carbons (Fsp3) is 0.0500. The van der Waals surface area contributed by atoms with Crippen LogP contribution < -0.4 is 10.8 Å². The summed E-state index contributed by atoms with van der Waals surface area (Å²) in [5.74, 6) is -0.715. The molecule has 0 atom stereocenters. The Morgan fingerprint density at radius 3 is 1.92 bits per heavy atom. The Balaban J connectivity index is 1.66. The summed E-state index contributed by atoms with van der Waals surface area (Å²) in [6.07, 6.45) is 3.40. The topological polar surface area (TPSA) is 91.3 Å². The van der Waals surface area contributed by atoms with E-state index in [1.165, 1.54) is 0 Å². The first-order chi connectivity index (χ1) is 12.7. The molecule has 2 amide bonds. The molecular formula is C20H17N3O3. The molecule has 0 saturated carbocycles. The summed E-state index contributed by atoms with van der Waals surface area (Å²) in [6.45, 7) is 0.419. The molecule has 3 aromatic rings. The second kappa shape index (κ2) is 8.04. The molecule has 3 N–H and O–H groups in total. The first-order valence-electron chi connectivity index (χ1n) is 7.99. The Hall–Kier alpha value is -3.51. The van der Waals surface area contributed by atoms with Gasteiger partial charge in [-0.25, -0.2) is 5.48 Å².